The number of nitrogens with zero attached hydrogens (tertiary/aromatic N) is 1. The topological polar surface area (TPSA) is 66.5 Å². The van der Waals surface area contributed by atoms with Crippen LogP contribution in [0, 0.1) is 11.7 Å². The molecule has 1 aliphatic rings. The minimum Gasteiger partial charge on any atom is -0.312 e. The first-order valence-corrected chi connectivity index (χ1v) is 9.05. The molecule has 0 saturated carbocycles. The van der Waals surface area contributed by atoms with Crippen molar-refractivity contribution in [3.05, 3.63) is 60.4 Å². The molecule has 0 aromatic heterocycles. The van der Waals surface area contributed by atoms with E-state index >= 15 is 0 Å². The molecular weight excluding hydrogens is 331 g/mol. The molecule has 24 heavy (non-hydrogen) atoms. The molecule has 1 amide bonds. The Kier molecular flexibility index (Phi) is 4.64. The number of hydrogen-bond acceptors (Lipinski definition) is 3. The number of carbonyl (C=O) groups excluding carboxylic acids is 1. The number of carbonyl (C=O) groups is 1. The summed E-state index contributed by atoms with van der Waals surface area (Å²) in [5, 5.41) is 0. The van der Waals surface area contributed by atoms with Gasteiger partial charge in [-0.05, 0) is 42.3 Å². The van der Waals surface area contributed by atoms with E-state index in [9.17, 15) is 17.6 Å². The van der Waals surface area contributed by atoms with E-state index in [0.717, 1.165) is 17.8 Å². The van der Waals surface area contributed by atoms with Crippen molar-refractivity contribution in [3.8, 4) is 0 Å². The Bertz CT molecular complexity index is 823. The number of rotatable bonds is 5. The molecule has 5 nitrogen and oxygen atoms in total. The number of benzene rings is 2. The van der Waals surface area contributed by atoms with Gasteiger partial charge in [-0.15, -0.1) is 0 Å². The van der Waals surface area contributed by atoms with Crippen molar-refractivity contribution in [2.45, 2.75) is 11.3 Å². The van der Waals surface area contributed by atoms with Crippen LogP contribution in [0.25, 0.3) is 0 Å². The zero-order valence-electron chi connectivity index (χ0n) is 12.9. The van der Waals surface area contributed by atoms with E-state index in [1.807, 2.05) is 30.3 Å². The van der Waals surface area contributed by atoms with Gasteiger partial charge in [-0.2, -0.15) is 0 Å². The van der Waals surface area contributed by atoms with Gasteiger partial charge >= 0.3 is 0 Å². The molecule has 1 fully saturated rings. The second-order valence-electron chi connectivity index (χ2n) is 5.72. The molecule has 126 valence electrons. The quantitative estimate of drug-likeness (QED) is 0.900. The largest absolute Gasteiger partial charge is 0.312 e. The normalized spacial score (nSPS) is 18.1. The Hall–Kier alpha value is -2.25. The lowest BCUT2D eigenvalue weighted by molar-refractivity contribution is -0.117. The summed E-state index contributed by atoms with van der Waals surface area (Å²) in [6.45, 7) is 0.629. The lowest BCUT2D eigenvalue weighted by Gasteiger charge is -2.17. The van der Waals surface area contributed by atoms with E-state index in [2.05, 4.69) is 4.72 Å². The Morgan fingerprint density at radius 2 is 1.75 bits per heavy atom. The third-order valence-corrected chi connectivity index (χ3v) is 5.40. The van der Waals surface area contributed by atoms with Gasteiger partial charge in [0.25, 0.3) is 0 Å². The molecule has 3 rings (SSSR count). The highest BCUT2D eigenvalue weighted by molar-refractivity contribution is 7.89. The summed E-state index contributed by atoms with van der Waals surface area (Å²) in [5.74, 6) is -0.617. The molecule has 1 atom stereocenters. The highest BCUT2D eigenvalue weighted by Gasteiger charge is 2.31. The van der Waals surface area contributed by atoms with Gasteiger partial charge in [0.05, 0.1) is 4.90 Å². The molecule has 2 aromatic carbocycles. The van der Waals surface area contributed by atoms with Crippen LogP contribution in [0.15, 0.2) is 59.5 Å². The number of sulfonamides is 1. The van der Waals surface area contributed by atoms with Gasteiger partial charge in [-0.25, -0.2) is 17.5 Å². The van der Waals surface area contributed by atoms with Crippen LogP contribution in [0.5, 0.6) is 0 Å². The van der Waals surface area contributed by atoms with Crippen LogP contribution in [-0.2, 0) is 14.8 Å². The predicted octanol–water partition coefficient (Wildman–Crippen LogP) is 2.16. The molecule has 0 unspecified atom stereocenters. The van der Waals surface area contributed by atoms with Crippen LogP contribution >= 0.6 is 0 Å². The number of para-hydroxylation sites is 1. The fourth-order valence-electron chi connectivity index (χ4n) is 2.70. The Balaban J connectivity index is 1.63. The highest BCUT2D eigenvalue weighted by Crippen LogP contribution is 2.24. The van der Waals surface area contributed by atoms with Gasteiger partial charge in [0.2, 0.25) is 15.9 Å². The molecule has 1 aliphatic heterocycles. The Morgan fingerprint density at radius 3 is 2.42 bits per heavy atom. The summed E-state index contributed by atoms with van der Waals surface area (Å²) in [4.78, 5) is 13.8. The van der Waals surface area contributed by atoms with Gasteiger partial charge in [0.1, 0.15) is 5.82 Å². The standard InChI is InChI=1S/C17H17FN2O3S/c18-14-6-8-16(9-7-14)24(22,23)19-11-13-10-17(21)20(12-13)15-4-2-1-3-5-15/h1-9,13,19H,10-12H2/t13-/m1/s1. The van der Waals surface area contributed by atoms with E-state index in [1.165, 1.54) is 12.1 Å². The van der Waals surface area contributed by atoms with Gasteiger partial charge in [0.15, 0.2) is 0 Å². The second kappa shape index (κ2) is 6.70. The SMILES string of the molecule is O=C1C[C@H](CNS(=O)(=O)c2ccc(F)cc2)CN1c1ccccc1. The molecule has 0 aliphatic carbocycles. The predicted molar refractivity (Wildman–Crippen MR) is 88.5 cm³/mol. The van der Waals surface area contributed by atoms with Crippen LogP contribution in [-0.4, -0.2) is 27.4 Å². The number of nitrogens with one attached hydrogen (secondary N) is 1. The van der Waals surface area contributed by atoms with E-state index < -0.39 is 15.8 Å². The van der Waals surface area contributed by atoms with Gasteiger partial charge in [-0.1, -0.05) is 18.2 Å². The zero-order chi connectivity index (χ0) is 17.2. The third-order valence-electron chi connectivity index (χ3n) is 3.96. The Morgan fingerprint density at radius 1 is 1.08 bits per heavy atom. The average Bonchev–Trinajstić information content (AvgIpc) is 2.95. The van der Waals surface area contributed by atoms with Crippen molar-refractivity contribution in [2.75, 3.05) is 18.0 Å². The van der Waals surface area contributed by atoms with Crippen molar-refractivity contribution in [1.82, 2.24) is 4.72 Å². The van der Waals surface area contributed by atoms with Gasteiger partial charge < -0.3 is 4.90 Å². The number of hydrogen-bond donors (Lipinski definition) is 1. The average molecular weight is 348 g/mol. The summed E-state index contributed by atoms with van der Waals surface area (Å²) in [5.41, 5.74) is 0.811. The lowest BCUT2D eigenvalue weighted by atomic mass is 10.1. The minimum absolute atomic E-state index is 0.00754. The number of halogens is 1. The zero-order valence-corrected chi connectivity index (χ0v) is 13.7. The first-order chi connectivity index (χ1) is 11.5. The molecule has 1 N–H and O–H groups in total. The summed E-state index contributed by atoms with van der Waals surface area (Å²) in [6.07, 6.45) is 0.292. The molecule has 0 spiro atoms. The third kappa shape index (κ3) is 3.63. The van der Waals surface area contributed by atoms with Crippen LogP contribution in [0.3, 0.4) is 0 Å². The number of amides is 1. The van der Waals surface area contributed by atoms with E-state index in [0.29, 0.717) is 13.0 Å². The van der Waals surface area contributed by atoms with Crippen molar-refractivity contribution < 1.29 is 17.6 Å². The molecular formula is C17H17FN2O3S. The number of anilines is 1. The van der Waals surface area contributed by atoms with Gasteiger partial charge in [0, 0.05) is 25.2 Å². The van der Waals surface area contributed by atoms with Crippen molar-refractivity contribution in [2.24, 2.45) is 5.92 Å². The van der Waals surface area contributed by atoms with E-state index in [4.69, 9.17) is 0 Å². The van der Waals surface area contributed by atoms with Gasteiger partial charge in [-0.3, -0.25) is 4.79 Å². The lowest BCUT2D eigenvalue weighted by Crippen LogP contribution is -2.31. The summed E-state index contributed by atoms with van der Waals surface area (Å²) < 4.78 is 39.8. The van der Waals surface area contributed by atoms with Crippen LogP contribution < -0.4 is 9.62 Å². The first-order valence-electron chi connectivity index (χ1n) is 7.56. The smallest absolute Gasteiger partial charge is 0.240 e. The maximum Gasteiger partial charge on any atom is 0.240 e. The molecule has 0 bridgehead atoms. The van der Waals surface area contributed by atoms with Crippen molar-refractivity contribution in [1.29, 1.82) is 0 Å². The monoisotopic (exact) mass is 348 g/mol. The second-order valence-corrected chi connectivity index (χ2v) is 7.48. The fraction of sp³-hybridized carbons (Fsp3) is 0.235. The van der Waals surface area contributed by atoms with E-state index in [-0.39, 0.29) is 23.3 Å². The molecule has 0 radical (unpaired) electrons. The summed E-state index contributed by atoms with van der Waals surface area (Å²) >= 11 is 0. The van der Waals surface area contributed by atoms with Crippen LogP contribution in [0.2, 0.25) is 0 Å². The van der Waals surface area contributed by atoms with E-state index in [1.54, 1.807) is 4.90 Å². The first kappa shape index (κ1) is 16.6. The maximum atomic E-state index is 12.9. The van der Waals surface area contributed by atoms with Crippen molar-refractivity contribution in [3.63, 3.8) is 0 Å². The van der Waals surface area contributed by atoms with Crippen LogP contribution in [0.1, 0.15) is 6.42 Å². The summed E-state index contributed by atoms with van der Waals surface area (Å²) in [7, 11) is -3.71. The fourth-order valence-corrected chi connectivity index (χ4v) is 3.82. The van der Waals surface area contributed by atoms with Crippen molar-refractivity contribution >= 4 is 21.6 Å². The minimum atomic E-state index is -3.71. The molecule has 7 heteroatoms. The molecule has 2 aromatic rings. The molecule has 1 saturated heterocycles. The Labute approximate surface area is 140 Å². The summed E-state index contributed by atoms with van der Waals surface area (Å²) in [6, 6.07) is 13.9. The molecule has 1 heterocycles. The highest BCUT2D eigenvalue weighted by atomic mass is 32.2. The maximum absolute atomic E-state index is 12.9. The van der Waals surface area contributed by atoms with Crippen LogP contribution in [0.4, 0.5) is 10.1 Å².